The second-order valence-electron chi connectivity index (χ2n) is 4.06. The van der Waals surface area contributed by atoms with Crippen molar-refractivity contribution in [2.75, 3.05) is 24.7 Å². The maximum Gasteiger partial charge on any atom is 0.154 e. The van der Waals surface area contributed by atoms with Gasteiger partial charge in [0, 0.05) is 12.6 Å². The minimum atomic E-state index is -3.03. The van der Waals surface area contributed by atoms with Gasteiger partial charge < -0.3 is 10.5 Å². The van der Waals surface area contributed by atoms with Crippen molar-refractivity contribution >= 4 is 9.84 Å². The van der Waals surface area contributed by atoms with Crippen molar-refractivity contribution in [2.24, 2.45) is 11.7 Å². The first kappa shape index (κ1) is 13.9. The van der Waals surface area contributed by atoms with Gasteiger partial charge in [0.15, 0.2) is 9.84 Å². The minimum Gasteiger partial charge on any atom is -0.380 e. The summed E-state index contributed by atoms with van der Waals surface area (Å²) in [6.07, 6.45) is 0. The highest BCUT2D eigenvalue weighted by atomic mass is 32.2. The molecular formula is C9H21NO3S. The Bertz CT molecular complexity index is 234. The largest absolute Gasteiger partial charge is 0.380 e. The van der Waals surface area contributed by atoms with Gasteiger partial charge in [0.25, 0.3) is 0 Å². The van der Waals surface area contributed by atoms with Crippen LogP contribution in [-0.2, 0) is 14.6 Å². The summed E-state index contributed by atoms with van der Waals surface area (Å²) in [4.78, 5) is 0. The molecule has 0 aliphatic rings. The van der Waals surface area contributed by atoms with E-state index in [1.807, 2.05) is 13.8 Å². The lowest BCUT2D eigenvalue weighted by Gasteiger charge is -2.08. The second-order valence-corrected chi connectivity index (χ2v) is 6.29. The number of sulfone groups is 1. The van der Waals surface area contributed by atoms with Gasteiger partial charge in [-0.1, -0.05) is 13.8 Å². The quantitative estimate of drug-likeness (QED) is 0.635. The molecule has 86 valence electrons. The van der Waals surface area contributed by atoms with Crippen molar-refractivity contribution < 1.29 is 13.2 Å². The van der Waals surface area contributed by atoms with E-state index in [0.717, 1.165) is 0 Å². The fourth-order valence-corrected chi connectivity index (χ4v) is 2.33. The molecule has 0 radical (unpaired) electrons. The highest BCUT2D eigenvalue weighted by Gasteiger charge is 2.12. The summed E-state index contributed by atoms with van der Waals surface area (Å²) in [7, 11) is -3.03. The second kappa shape index (κ2) is 6.37. The molecule has 14 heavy (non-hydrogen) atoms. The smallest absolute Gasteiger partial charge is 0.154 e. The molecule has 0 amide bonds. The Hall–Kier alpha value is -0.130. The van der Waals surface area contributed by atoms with Crippen LogP contribution in [0.25, 0.3) is 0 Å². The van der Waals surface area contributed by atoms with Crippen molar-refractivity contribution in [3.63, 3.8) is 0 Å². The summed E-state index contributed by atoms with van der Waals surface area (Å²) in [5.74, 6) is 0.547. The van der Waals surface area contributed by atoms with Crippen LogP contribution in [0.4, 0.5) is 0 Å². The Morgan fingerprint density at radius 1 is 1.29 bits per heavy atom. The van der Waals surface area contributed by atoms with Crippen LogP contribution in [0, 0.1) is 5.92 Å². The number of hydrogen-bond donors (Lipinski definition) is 1. The van der Waals surface area contributed by atoms with Crippen molar-refractivity contribution in [2.45, 2.75) is 26.8 Å². The zero-order valence-corrected chi connectivity index (χ0v) is 10.0. The topological polar surface area (TPSA) is 69.4 Å². The maximum atomic E-state index is 11.3. The van der Waals surface area contributed by atoms with E-state index in [9.17, 15) is 8.42 Å². The van der Waals surface area contributed by atoms with Crippen molar-refractivity contribution in [3.05, 3.63) is 0 Å². The highest BCUT2D eigenvalue weighted by molar-refractivity contribution is 7.91. The van der Waals surface area contributed by atoms with Gasteiger partial charge in [0.05, 0.1) is 18.1 Å². The molecule has 0 aliphatic heterocycles. The fourth-order valence-electron chi connectivity index (χ4n) is 0.989. The van der Waals surface area contributed by atoms with Gasteiger partial charge in [-0.25, -0.2) is 8.42 Å². The molecule has 2 N–H and O–H groups in total. The minimum absolute atomic E-state index is 0.0397. The summed E-state index contributed by atoms with van der Waals surface area (Å²) in [5, 5.41) is 0. The monoisotopic (exact) mass is 223 g/mol. The third kappa shape index (κ3) is 8.47. The summed E-state index contributed by atoms with van der Waals surface area (Å²) in [5.41, 5.74) is 5.41. The zero-order valence-electron chi connectivity index (χ0n) is 9.19. The van der Waals surface area contributed by atoms with Crippen LogP contribution in [0.3, 0.4) is 0 Å². The summed E-state index contributed by atoms with van der Waals surface area (Å²) < 4.78 is 27.8. The molecular weight excluding hydrogens is 202 g/mol. The van der Waals surface area contributed by atoms with Gasteiger partial charge in [-0.3, -0.25) is 0 Å². The van der Waals surface area contributed by atoms with E-state index in [0.29, 0.717) is 12.5 Å². The molecule has 0 heterocycles. The molecule has 0 fully saturated rings. The van der Waals surface area contributed by atoms with E-state index in [4.69, 9.17) is 10.5 Å². The Balaban J connectivity index is 3.67. The predicted octanol–water partition coefficient (Wildman–Crippen LogP) is 0.421. The van der Waals surface area contributed by atoms with Gasteiger partial charge >= 0.3 is 0 Å². The molecule has 0 saturated heterocycles. The molecule has 0 aliphatic carbocycles. The highest BCUT2D eigenvalue weighted by Crippen LogP contribution is 1.96. The van der Waals surface area contributed by atoms with Gasteiger partial charge in [0.2, 0.25) is 0 Å². The van der Waals surface area contributed by atoms with Crippen LogP contribution in [0.1, 0.15) is 20.8 Å². The van der Waals surface area contributed by atoms with Crippen molar-refractivity contribution in [3.8, 4) is 0 Å². The number of hydrogen-bond acceptors (Lipinski definition) is 4. The fraction of sp³-hybridized carbons (Fsp3) is 1.00. The van der Waals surface area contributed by atoms with Crippen LogP contribution in [0.15, 0.2) is 0 Å². The maximum absolute atomic E-state index is 11.3. The first-order chi connectivity index (χ1) is 6.33. The SMILES string of the molecule is CC(C)COCCS(=O)(=O)CC(C)N. The summed E-state index contributed by atoms with van der Waals surface area (Å²) >= 11 is 0. The van der Waals surface area contributed by atoms with E-state index >= 15 is 0 Å². The average Bonchev–Trinajstić information content (AvgIpc) is 1.95. The van der Waals surface area contributed by atoms with E-state index in [1.54, 1.807) is 6.92 Å². The Kier molecular flexibility index (Phi) is 6.31. The van der Waals surface area contributed by atoms with Crippen LogP contribution < -0.4 is 5.73 Å². The van der Waals surface area contributed by atoms with Crippen LogP contribution in [-0.4, -0.2) is 39.2 Å². The van der Waals surface area contributed by atoms with Gasteiger partial charge in [-0.2, -0.15) is 0 Å². The van der Waals surface area contributed by atoms with Crippen LogP contribution >= 0.6 is 0 Å². The number of nitrogens with two attached hydrogens (primary N) is 1. The molecule has 0 aromatic rings. The Morgan fingerprint density at radius 3 is 2.29 bits per heavy atom. The molecule has 0 spiro atoms. The third-order valence-electron chi connectivity index (χ3n) is 1.51. The molecule has 0 aromatic heterocycles. The van der Waals surface area contributed by atoms with Crippen molar-refractivity contribution in [1.29, 1.82) is 0 Å². The lowest BCUT2D eigenvalue weighted by Crippen LogP contribution is -2.29. The lowest BCUT2D eigenvalue weighted by molar-refractivity contribution is 0.123. The molecule has 0 rings (SSSR count). The molecule has 4 nitrogen and oxygen atoms in total. The Morgan fingerprint density at radius 2 is 1.86 bits per heavy atom. The zero-order chi connectivity index (χ0) is 11.2. The molecule has 1 unspecified atom stereocenters. The first-order valence-electron chi connectivity index (χ1n) is 4.87. The van der Waals surface area contributed by atoms with Gasteiger partial charge in [-0.05, 0) is 12.8 Å². The van der Waals surface area contributed by atoms with Crippen molar-refractivity contribution in [1.82, 2.24) is 0 Å². The van der Waals surface area contributed by atoms with Gasteiger partial charge in [0.1, 0.15) is 0 Å². The standard InChI is InChI=1S/C9H21NO3S/c1-8(2)6-13-4-5-14(11,12)7-9(3)10/h8-9H,4-7,10H2,1-3H3. The number of ether oxygens (including phenoxy) is 1. The lowest BCUT2D eigenvalue weighted by atomic mass is 10.2. The first-order valence-corrected chi connectivity index (χ1v) is 6.69. The molecule has 5 heteroatoms. The van der Waals surface area contributed by atoms with Crippen LogP contribution in [0.5, 0.6) is 0 Å². The third-order valence-corrected chi connectivity index (χ3v) is 3.33. The summed E-state index contributed by atoms with van der Waals surface area (Å²) in [6.45, 7) is 6.61. The molecule has 0 aromatic carbocycles. The molecule has 0 saturated carbocycles. The summed E-state index contributed by atoms with van der Waals surface area (Å²) in [6, 6.07) is -0.301. The Labute approximate surface area is 86.7 Å². The van der Waals surface area contributed by atoms with E-state index < -0.39 is 9.84 Å². The predicted molar refractivity (Wildman–Crippen MR) is 58.0 cm³/mol. The van der Waals surface area contributed by atoms with E-state index in [-0.39, 0.29) is 24.2 Å². The van der Waals surface area contributed by atoms with E-state index in [1.165, 1.54) is 0 Å². The average molecular weight is 223 g/mol. The number of rotatable bonds is 7. The molecule has 1 atom stereocenters. The van der Waals surface area contributed by atoms with Gasteiger partial charge in [-0.15, -0.1) is 0 Å². The van der Waals surface area contributed by atoms with E-state index in [2.05, 4.69) is 0 Å². The molecule has 0 bridgehead atoms. The van der Waals surface area contributed by atoms with Crippen LogP contribution in [0.2, 0.25) is 0 Å². The normalized spacial score (nSPS) is 14.6.